The average molecular weight is 408 g/mol. The molecule has 0 radical (unpaired) electrons. The molecule has 3 aromatic carbocycles. The lowest BCUT2D eigenvalue weighted by atomic mass is 9.85. The Morgan fingerprint density at radius 3 is 2.84 bits per heavy atom. The molecule has 1 aliphatic heterocycles. The van der Waals surface area contributed by atoms with Gasteiger partial charge in [-0.1, -0.05) is 12.2 Å². The first-order chi connectivity index (χ1) is 15.0. The molecule has 0 fully saturated rings. The van der Waals surface area contributed by atoms with E-state index in [0.717, 1.165) is 61.7 Å². The largest absolute Gasteiger partial charge is 0.493 e. The minimum Gasteiger partial charge on any atom is -0.493 e. The molecule has 0 saturated heterocycles. The van der Waals surface area contributed by atoms with Crippen molar-refractivity contribution in [2.24, 2.45) is 0 Å². The second-order valence-electron chi connectivity index (χ2n) is 8.24. The number of benzene rings is 3. The third-order valence-corrected chi connectivity index (χ3v) is 5.99. The highest BCUT2D eigenvalue weighted by Crippen LogP contribution is 2.43. The number of pyridine rings is 1. The van der Waals surface area contributed by atoms with Gasteiger partial charge in [-0.05, 0) is 84.3 Å². The minimum absolute atomic E-state index is 0.334. The van der Waals surface area contributed by atoms with Crippen molar-refractivity contribution < 1.29 is 9.13 Å². The van der Waals surface area contributed by atoms with Crippen LogP contribution in [0.5, 0.6) is 5.75 Å². The SMILES string of the molecule is C=C(C)Cc1c(C)cc2c(C#N)cc(F)cc2c1-c1ccc2c3c(ccnc13)CCO2. The number of rotatable bonds is 3. The summed E-state index contributed by atoms with van der Waals surface area (Å²) >= 11 is 0. The van der Waals surface area contributed by atoms with Crippen LogP contribution >= 0.6 is 0 Å². The van der Waals surface area contributed by atoms with E-state index in [0.29, 0.717) is 18.6 Å². The van der Waals surface area contributed by atoms with Gasteiger partial charge in [-0.3, -0.25) is 4.98 Å². The summed E-state index contributed by atoms with van der Waals surface area (Å²) in [5.74, 6) is 0.407. The fourth-order valence-corrected chi connectivity index (χ4v) is 4.68. The molecule has 2 heterocycles. The van der Waals surface area contributed by atoms with Crippen molar-refractivity contribution in [1.82, 2.24) is 4.98 Å². The zero-order valence-electron chi connectivity index (χ0n) is 17.6. The van der Waals surface area contributed by atoms with E-state index < -0.39 is 5.82 Å². The molecule has 0 atom stereocenters. The normalized spacial score (nSPS) is 12.6. The van der Waals surface area contributed by atoms with Crippen molar-refractivity contribution in [3.8, 4) is 22.9 Å². The first-order valence-corrected chi connectivity index (χ1v) is 10.3. The zero-order chi connectivity index (χ0) is 21.7. The number of aryl methyl sites for hydroxylation is 1. The van der Waals surface area contributed by atoms with Gasteiger partial charge in [-0.15, -0.1) is 0 Å². The number of nitrogens with zero attached hydrogens (tertiary/aromatic N) is 2. The smallest absolute Gasteiger partial charge is 0.129 e. The predicted molar refractivity (Wildman–Crippen MR) is 122 cm³/mol. The van der Waals surface area contributed by atoms with Crippen LogP contribution in [0.4, 0.5) is 4.39 Å². The Balaban J connectivity index is 1.97. The minimum atomic E-state index is -0.422. The Morgan fingerprint density at radius 2 is 2.06 bits per heavy atom. The summed E-state index contributed by atoms with van der Waals surface area (Å²) in [6, 6.07) is 13.0. The van der Waals surface area contributed by atoms with Gasteiger partial charge in [0.1, 0.15) is 11.6 Å². The van der Waals surface area contributed by atoms with Gasteiger partial charge in [0.25, 0.3) is 0 Å². The molecule has 0 unspecified atom stereocenters. The monoisotopic (exact) mass is 408 g/mol. The van der Waals surface area contributed by atoms with Crippen molar-refractivity contribution in [1.29, 1.82) is 5.26 Å². The van der Waals surface area contributed by atoms with E-state index in [-0.39, 0.29) is 0 Å². The molecule has 0 N–H and O–H groups in total. The molecule has 31 heavy (non-hydrogen) atoms. The summed E-state index contributed by atoms with van der Waals surface area (Å²) in [6.07, 6.45) is 3.32. The third kappa shape index (κ3) is 3.05. The topological polar surface area (TPSA) is 45.9 Å². The molecule has 4 aromatic rings. The maximum atomic E-state index is 14.6. The summed E-state index contributed by atoms with van der Waals surface area (Å²) in [7, 11) is 0. The number of aromatic nitrogens is 1. The van der Waals surface area contributed by atoms with Crippen LogP contribution in [0.2, 0.25) is 0 Å². The highest BCUT2D eigenvalue weighted by atomic mass is 19.1. The summed E-state index contributed by atoms with van der Waals surface area (Å²) in [5.41, 5.74) is 7.35. The van der Waals surface area contributed by atoms with Crippen molar-refractivity contribution in [2.45, 2.75) is 26.7 Å². The average Bonchev–Trinajstić information content (AvgIpc) is 2.75. The van der Waals surface area contributed by atoms with Crippen molar-refractivity contribution >= 4 is 21.7 Å². The Bertz CT molecular complexity index is 1440. The zero-order valence-corrected chi connectivity index (χ0v) is 17.6. The molecule has 0 spiro atoms. The van der Waals surface area contributed by atoms with Gasteiger partial charge < -0.3 is 4.74 Å². The summed E-state index contributed by atoms with van der Waals surface area (Å²) < 4.78 is 20.5. The molecule has 0 saturated carbocycles. The second kappa shape index (κ2) is 7.21. The van der Waals surface area contributed by atoms with Gasteiger partial charge in [0.15, 0.2) is 0 Å². The van der Waals surface area contributed by atoms with Gasteiger partial charge in [0.05, 0.1) is 23.8 Å². The number of hydrogen-bond donors (Lipinski definition) is 0. The fraction of sp³-hybridized carbons (Fsp3) is 0.185. The number of ether oxygens (including phenoxy) is 1. The Labute approximate surface area is 180 Å². The van der Waals surface area contributed by atoms with E-state index >= 15 is 0 Å². The van der Waals surface area contributed by atoms with E-state index in [4.69, 9.17) is 9.72 Å². The van der Waals surface area contributed by atoms with Crippen LogP contribution in [-0.2, 0) is 12.8 Å². The molecule has 1 aliphatic rings. The number of allylic oxidation sites excluding steroid dienone is 1. The number of fused-ring (bicyclic) bond motifs is 1. The van der Waals surface area contributed by atoms with E-state index in [9.17, 15) is 9.65 Å². The molecule has 4 heteroatoms. The van der Waals surface area contributed by atoms with Crippen LogP contribution in [0.15, 0.2) is 54.7 Å². The predicted octanol–water partition coefficient (Wildman–Crippen LogP) is 6.43. The first-order valence-electron chi connectivity index (χ1n) is 10.3. The van der Waals surface area contributed by atoms with E-state index in [1.807, 2.05) is 44.3 Å². The van der Waals surface area contributed by atoms with Gasteiger partial charge in [0.2, 0.25) is 0 Å². The summed E-state index contributed by atoms with van der Waals surface area (Å²) in [6.45, 7) is 8.78. The maximum absolute atomic E-state index is 14.6. The van der Waals surface area contributed by atoms with Gasteiger partial charge in [-0.2, -0.15) is 5.26 Å². The van der Waals surface area contributed by atoms with E-state index in [1.165, 1.54) is 17.7 Å². The molecule has 0 amide bonds. The molecule has 152 valence electrons. The summed E-state index contributed by atoms with van der Waals surface area (Å²) in [4.78, 5) is 4.72. The number of hydrogen-bond acceptors (Lipinski definition) is 3. The standard InChI is InChI=1S/C27H21FN2O/c1-15(2)10-21-16(3)11-22-18(14-29)12-19(28)13-23(22)26(21)20-4-5-24-25-17(7-9-31-24)6-8-30-27(20)25/h4-6,8,11-13H,1,7,9-10H2,2-3H3. The highest BCUT2D eigenvalue weighted by Gasteiger charge is 2.22. The van der Waals surface area contributed by atoms with Crippen molar-refractivity contribution in [3.05, 3.63) is 82.8 Å². The van der Waals surface area contributed by atoms with Crippen LogP contribution in [-0.4, -0.2) is 11.6 Å². The summed E-state index contributed by atoms with van der Waals surface area (Å²) in [5, 5.41) is 12.1. The quantitative estimate of drug-likeness (QED) is 0.367. The van der Waals surface area contributed by atoms with Gasteiger partial charge in [0, 0.05) is 29.0 Å². The lowest BCUT2D eigenvalue weighted by Gasteiger charge is -2.22. The molecular weight excluding hydrogens is 387 g/mol. The third-order valence-electron chi connectivity index (χ3n) is 5.99. The molecule has 5 rings (SSSR count). The molecule has 0 aliphatic carbocycles. The highest BCUT2D eigenvalue weighted by molar-refractivity contribution is 6.09. The van der Waals surface area contributed by atoms with Gasteiger partial charge in [-0.25, -0.2) is 4.39 Å². The second-order valence-corrected chi connectivity index (χ2v) is 8.24. The van der Waals surface area contributed by atoms with Crippen LogP contribution < -0.4 is 4.74 Å². The van der Waals surface area contributed by atoms with Gasteiger partial charge >= 0.3 is 0 Å². The molecular formula is C27H21FN2O. The Hall–Kier alpha value is -3.71. The van der Waals surface area contributed by atoms with Crippen molar-refractivity contribution in [2.75, 3.05) is 6.61 Å². The number of nitriles is 1. The maximum Gasteiger partial charge on any atom is 0.129 e. The molecule has 3 nitrogen and oxygen atoms in total. The lowest BCUT2D eigenvalue weighted by molar-refractivity contribution is 0.318. The van der Waals surface area contributed by atoms with E-state index in [1.54, 1.807) is 0 Å². The van der Waals surface area contributed by atoms with Crippen molar-refractivity contribution in [3.63, 3.8) is 0 Å². The van der Waals surface area contributed by atoms with E-state index in [2.05, 4.69) is 12.6 Å². The number of halogens is 1. The van der Waals surface area contributed by atoms with Crippen LogP contribution in [0.1, 0.15) is 29.2 Å². The molecule has 0 bridgehead atoms. The first kappa shape index (κ1) is 19.3. The Kier molecular flexibility index (Phi) is 4.48. The lowest BCUT2D eigenvalue weighted by Crippen LogP contribution is -2.09. The van der Waals surface area contributed by atoms with Crippen LogP contribution in [0, 0.1) is 24.1 Å². The fourth-order valence-electron chi connectivity index (χ4n) is 4.68. The Morgan fingerprint density at radius 1 is 1.23 bits per heavy atom. The molecule has 1 aromatic heterocycles. The van der Waals surface area contributed by atoms with Crippen LogP contribution in [0.25, 0.3) is 32.8 Å². The van der Waals surface area contributed by atoms with Crippen LogP contribution in [0.3, 0.4) is 0 Å².